The Morgan fingerprint density at radius 1 is 1.10 bits per heavy atom. The molecule has 0 bridgehead atoms. The van der Waals surface area contributed by atoms with Crippen LogP contribution in [0.25, 0.3) is 11.1 Å². The van der Waals surface area contributed by atoms with Gasteiger partial charge in [-0.1, -0.05) is 54.6 Å². The molecule has 7 heteroatoms. The lowest BCUT2D eigenvalue weighted by Crippen LogP contribution is -2.27. The first-order chi connectivity index (χ1) is 14.5. The number of amides is 1. The maximum atomic E-state index is 13.2. The first-order valence-electron chi connectivity index (χ1n) is 9.25. The van der Waals surface area contributed by atoms with E-state index in [2.05, 4.69) is 0 Å². The van der Waals surface area contributed by atoms with Crippen molar-refractivity contribution < 1.29 is 14.5 Å². The van der Waals surface area contributed by atoms with Crippen LogP contribution in [0.3, 0.4) is 0 Å². The molecular formula is C23H22N2O4S. The van der Waals surface area contributed by atoms with Gasteiger partial charge in [0.15, 0.2) is 0 Å². The Labute approximate surface area is 179 Å². The van der Waals surface area contributed by atoms with Crippen LogP contribution in [0.5, 0.6) is 5.75 Å². The molecule has 30 heavy (non-hydrogen) atoms. The van der Waals surface area contributed by atoms with Gasteiger partial charge < -0.3 is 9.64 Å². The van der Waals surface area contributed by atoms with Crippen LogP contribution in [-0.2, 0) is 6.54 Å². The Balaban J connectivity index is 1.95. The van der Waals surface area contributed by atoms with Gasteiger partial charge in [0.2, 0.25) is 0 Å². The average molecular weight is 423 g/mol. The number of hydrogen-bond donors (Lipinski definition) is 0. The van der Waals surface area contributed by atoms with Gasteiger partial charge in [0.1, 0.15) is 11.3 Å². The number of nitrogens with zero attached hydrogens (tertiary/aromatic N) is 2. The molecule has 0 unspecified atom stereocenters. The van der Waals surface area contributed by atoms with Gasteiger partial charge in [0, 0.05) is 13.6 Å². The number of carbonyl (C=O) groups excluding carboxylic acids is 1. The van der Waals surface area contributed by atoms with Crippen molar-refractivity contribution >= 4 is 23.4 Å². The van der Waals surface area contributed by atoms with E-state index in [-0.39, 0.29) is 11.3 Å². The number of ether oxygens (including phenoxy) is 1. The minimum atomic E-state index is -0.550. The maximum Gasteiger partial charge on any atom is 0.285 e. The summed E-state index contributed by atoms with van der Waals surface area (Å²) in [5.41, 5.74) is 2.81. The highest BCUT2D eigenvalue weighted by atomic mass is 32.2. The quantitative estimate of drug-likeness (QED) is 0.295. The molecule has 1 amide bonds. The van der Waals surface area contributed by atoms with Gasteiger partial charge in [0.25, 0.3) is 11.6 Å². The van der Waals surface area contributed by atoms with Crippen LogP contribution >= 0.6 is 11.8 Å². The number of thioether (sulfide) groups is 1. The zero-order valence-electron chi connectivity index (χ0n) is 17.0. The van der Waals surface area contributed by atoms with Gasteiger partial charge in [-0.05, 0) is 29.0 Å². The lowest BCUT2D eigenvalue weighted by molar-refractivity contribution is -0.385. The summed E-state index contributed by atoms with van der Waals surface area (Å²) < 4.78 is 5.23. The molecule has 0 fully saturated rings. The fourth-order valence-corrected chi connectivity index (χ4v) is 3.86. The Hall–Kier alpha value is -3.32. The molecule has 0 saturated carbocycles. The summed E-state index contributed by atoms with van der Waals surface area (Å²) in [4.78, 5) is 26.4. The molecular weight excluding hydrogens is 400 g/mol. The number of nitro benzene ring substituents is 1. The monoisotopic (exact) mass is 422 g/mol. The van der Waals surface area contributed by atoms with Crippen molar-refractivity contribution in [2.24, 2.45) is 0 Å². The first-order valence-corrected chi connectivity index (χ1v) is 10.5. The summed E-state index contributed by atoms with van der Waals surface area (Å²) in [5.74, 6) is -0.0367. The van der Waals surface area contributed by atoms with E-state index >= 15 is 0 Å². The van der Waals surface area contributed by atoms with Crippen molar-refractivity contribution in [3.05, 3.63) is 88.0 Å². The third-order valence-corrected chi connectivity index (χ3v) is 5.54. The Kier molecular flexibility index (Phi) is 6.74. The first kappa shape index (κ1) is 21.4. The minimum absolute atomic E-state index is 0.0462. The van der Waals surface area contributed by atoms with Crippen LogP contribution < -0.4 is 4.74 Å². The fraction of sp³-hybridized carbons (Fsp3) is 0.174. The van der Waals surface area contributed by atoms with E-state index in [1.54, 1.807) is 7.05 Å². The molecule has 3 aromatic rings. The summed E-state index contributed by atoms with van der Waals surface area (Å²) in [6.45, 7) is 0.321. The second-order valence-corrected chi connectivity index (χ2v) is 7.51. The number of rotatable bonds is 7. The van der Waals surface area contributed by atoms with E-state index < -0.39 is 10.8 Å². The van der Waals surface area contributed by atoms with Crippen molar-refractivity contribution in [2.75, 3.05) is 20.4 Å². The molecule has 154 valence electrons. The molecule has 3 rings (SSSR count). The standard InChI is InChI=1S/C23H22N2O4S/c1-24(15-17-11-7-8-12-18(17)16-9-5-4-6-10-16)23(26)19-13-22(30-3)21(29-2)14-20(19)25(27)28/h4-14H,15H2,1-3H3. The highest BCUT2D eigenvalue weighted by molar-refractivity contribution is 7.98. The molecule has 0 aromatic heterocycles. The lowest BCUT2D eigenvalue weighted by Gasteiger charge is -2.20. The fourth-order valence-electron chi connectivity index (χ4n) is 3.28. The second kappa shape index (κ2) is 9.45. The molecule has 0 aliphatic carbocycles. The highest BCUT2D eigenvalue weighted by Crippen LogP contribution is 2.35. The van der Waals surface area contributed by atoms with Crippen molar-refractivity contribution in [1.82, 2.24) is 4.90 Å². The summed E-state index contributed by atoms with van der Waals surface area (Å²) in [5, 5.41) is 11.6. The molecule has 0 atom stereocenters. The van der Waals surface area contributed by atoms with Gasteiger partial charge in [-0.15, -0.1) is 11.8 Å². The number of hydrogen-bond acceptors (Lipinski definition) is 5. The molecule has 0 saturated heterocycles. The summed E-state index contributed by atoms with van der Waals surface area (Å²) >= 11 is 1.37. The Morgan fingerprint density at radius 3 is 2.40 bits per heavy atom. The Morgan fingerprint density at radius 2 is 1.77 bits per heavy atom. The molecule has 3 aromatic carbocycles. The predicted octanol–water partition coefficient (Wildman–Crippen LogP) is 5.26. The summed E-state index contributed by atoms with van der Waals surface area (Å²) in [6, 6.07) is 20.6. The zero-order valence-corrected chi connectivity index (χ0v) is 17.8. The van der Waals surface area contributed by atoms with Gasteiger partial charge in [-0.25, -0.2) is 0 Å². The molecule has 0 radical (unpaired) electrons. The molecule has 6 nitrogen and oxygen atoms in total. The summed E-state index contributed by atoms with van der Waals surface area (Å²) in [6.07, 6.45) is 1.83. The van der Waals surface area contributed by atoms with E-state index in [0.29, 0.717) is 17.2 Å². The third-order valence-electron chi connectivity index (χ3n) is 4.79. The van der Waals surface area contributed by atoms with Gasteiger partial charge >= 0.3 is 0 Å². The van der Waals surface area contributed by atoms with Crippen LogP contribution in [0.1, 0.15) is 15.9 Å². The zero-order chi connectivity index (χ0) is 21.7. The minimum Gasteiger partial charge on any atom is -0.495 e. The van der Waals surface area contributed by atoms with Crippen molar-refractivity contribution in [1.29, 1.82) is 0 Å². The number of nitro groups is 1. The number of methoxy groups -OCH3 is 1. The number of benzene rings is 3. The van der Waals surface area contributed by atoms with Crippen LogP contribution in [0, 0.1) is 10.1 Å². The van der Waals surface area contributed by atoms with Crippen LogP contribution in [0.15, 0.2) is 71.6 Å². The van der Waals surface area contributed by atoms with Crippen LogP contribution in [0.2, 0.25) is 0 Å². The smallest absolute Gasteiger partial charge is 0.285 e. The predicted molar refractivity (Wildman–Crippen MR) is 119 cm³/mol. The van der Waals surface area contributed by atoms with E-state index in [9.17, 15) is 14.9 Å². The molecule has 0 aliphatic heterocycles. The average Bonchev–Trinajstić information content (AvgIpc) is 2.78. The SMILES string of the molecule is COc1cc([N+](=O)[O-])c(C(=O)N(C)Cc2ccccc2-c2ccccc2)cc1SC. The normalized spacial score (nSPS) is 10.5. The van der Waals surface area contributed by atoms with Crippen molar-refractivity contribution in [3.63, 3.8) is 0 Å². The van der Waals surface area contributed by atoms with E-state index in [1.165, 1.54) is 35.9 Å². The van der Waals surface area contributed by atoms with Crippen molar-refractivity contribution in [2.45, 2.75) is 11.4 Å². The topological polar surface area (TPSA) is 72.7 Å². The summed E-state index contributed by atoms with van der Waals surface area (Å²) in [7, 11) is 3.10. The highest BCUT2D eigenvalue weighted by Gasteiger charge is 2.26. The van der Waals surface area contributed by atoms with Crippen molar-refractivity contribution in [3.8, 4) is 16.9 Å². The molecule has 0 spiro atoms. The third kappa shape index (κ3) is 4.46. The van der Waals surface area contributed by atoms with Gasteiger partial charge in [-0.2, -0.15) is 0 Å². The van der Waals surface area contributed by atoms with Gasteiger partial charge in [-0.3, -0.25) is 14.9 Å². The Bertz CT molecular complexity index is 1070. The van der Waals surface area contributed by atoms with Crippen LogP contribution in [0.4, 0.5) is 5.69 Å². The second-order valence-electron chi connectivity index (χ2n) is 6.67. The van der Waals surface area contributed by atoms with Crippen LogP contribution in [-0.4, -0.2) is 36.1 Å². The molecule has 0 heterocycles. The van der Waals surface area contributed by atoms with E-state index in [4.69, 9.17) is 4.74 Å². The lowest BCUT2D eigenvalue weighted by atomic mass is 9.99. The largest absolute Gasteiger partial charge is 0.495 e. The number of carbonyl (C=O) groups is 1. The van der Waals surface area contributed by atoms with E-state index in [1.807, 2.05) is 60.9 Å². The van der Waals surface area contributed by atoms with Gasteiger partial charge in [0.05, 0.1) is 23.0 Å². The maximum absolute atomic E-state index is 13.2. The molecule has 0 aliphatic rings. The molecule has 0 N–H and O–H groups in total. The van der Waals surface area contributed by atoms with E-state index in [0.717, 1.165) is 16.7 Å².